The van der Waals surface area contributed by atoms with Crippen LogP contribution in [-0.2, 0) is 6.54 Å². The van der Waals surface area contributed by atoms with Crippen molar-refractivity contribution in [1.29, 1.82) is 0 Å². The molecule has 1 aromatic heterocycles. The molecule has 22 heavy (non-hydrogen) atoms. The fourth-order valence-electron chi connectivity index (χ4n) is 2.16. The zero-order chi connectivity index (χ0) is 16.3. The summed E-state index contributed by atoms with van der Waals surface area (Å²) in [7, 11) is 3.45. The van der Waals surface area contributed by atoms with E-state index in [-0.39, 0.29) is 11.8 Å². The first-order valence-corrected chi connectivity index (χ1v) is 7.86. The van der Waals surface area contributed by atoms with Crippen LogP contribution in [0.3, 0.4) is 0 Å². The summed E-state index contributed by atoms with van der Waals surface area (Å²) in [5.41, 5.74) is 2.35. The molecule has 1 N–H and O–H groups in total. The maximum atomic E-state index is 12.2. The Bertz CT molecular complexity index is 687. The highest BCUT2D eigenvalue weighted by Crippen LogP contribution is 2.20. The molecule has 4 nitrogen and oxygen atoms in total. The van der Waals surface area contributed by atoms with Crippen molar-refractivity contribution in [2.75, 3.05) is 14.1 Å². The first kappa shape index (κ1) is 16.2. The lowest BCUT2D eigenvalue weighted by Gasteiger charge is -2.11. The molecule has 5 heteroatoms. The molecule has 2 amide bonds. The average Bonchev–Trinajstić information content (AvgIpc) is 2.83. The number of hydrogen-bond donors (Lipinski definition) is 1. The van der Waals surface area contributed by atoms with Gasteiger partial charge in [0.05, 0.1) is 5.56 Å². The smallest absolute Gasteiger partial charge is 0.253 e. The number of thiophene rings is 1. The lowest BCUT2D eigenvalue weighted by molar-refractivity contribution is 0.0827. The third-order valence-electron chi connectivity index (χ3n) is 3.35. The first-order valence-electron chi connectivity index (χ1n) is 7.04. The van der Waals surface area contributed by atoms with Gasteiger partial charge in [-0.3, -0.25) is 9.59 Å². The second-order valence-electron chi connectivity index (χ2n) is 5.41. The Morgan fingerprint density at radius 3 is 2.27 bits per heavy atom. The molecule has 0 spiro atoms. The topological polar surface area (TPSA) is 49.4 Å². The molecule has 0 saturated heterocycles. The summed E-state index contributed by atoms with van der Waals surface area (Å²) >= 11 is 1.62. The summed E-state index contributed by atoms with van der Waals surface area (Å²) in [6.07, 6.45) is 0. The maximum Gasteiger partial charge on any atom is 0.253 e. The minimum atomic E-state index is -0.0599. The van der Waals surface area contributed by atoms with Crippen LogP contribution in [0.4, 0.5) is 0 Å². The summed E-state index contributed by atoms with van der Waals surface area (Å²) in [6.45, 7) is 4.40. The quantitative estimate of drug-likeness (QED) is 0.942. The van der Waals surface area contributed by atoms with Crippen molar-refractivity contribution in [2.24, 2.45) is 0 Å². The van der Waals surface area contributed by atoms with Crippen LogP contribution in [0.2, 0.25) is 0 Å². The van der Waals surface area contributed by atoms with Crippen LogP contribution in [0.15, 0.2) is 30.3 Å². The number of hydrogen-bond acceptors (Lipinski definition) is 3. The SMILES string of the molecule is Cc1cc(C(=O)NCc2ccc(C(=O)N(C)C)cc2)c(C)s1. The van der Waals surface area contributed by atoms with E-state index < -0.39 is 0 Å². The third-order valence-corrected chi connectivity index (χ3v) is 4.31. The minimum Gasteiger partial charge on any atom is -0.348 e. The van der Waals surface area contributed by atoms with Crippen molar-refractivity contribution in [1.82, 2.24) is 10.2 Å². The zero-order valence-electron chi connectivity index (χ0n) is 13.3. The maximum absolute atomic E-state index is 12.2. The average molecular weight is 316 g/mol. The largest absolute Gasteiger partial charge is 0.348 e. The molecule has 2 aromatic rings. The van der Waals surface area contributed by atoms with E-state index >= 15 is 0 Å². The number of benzene rings is 1. The Morgan fingerprint density at radius 1 is 1.14 bits per heavy atom. The Labute approximate surface area is 134 Å². The van der Waals surface area contributed by atoms with Gasteiger partial charge in [0.25, 0.3) is 11.8 Å². The highest BCUT2D eigenvalue weighted by molar-refractivity contribution is 7.12. The molecule has 0 aliphatic rings. The van der Waals surface area contributed by atoms with E-state index in [1.54, 1.807) is 42.5 Å². The lowest BCUT2D eigenvalue weighted by Crippen LogP contribution is -2.23. The molecule has 116 valence electrons. The summed E-state index contributed by atoms with van der Waals surface area (Å²) in [6, 6.07) is 9.20. The first-order chi connectivity index (χ1) is 10.4. The van der Waals surface area contributed by atoms with Gasteiger partial charge in [-0.2, -0.15) is 0 Å². The van der Waals surface area contributed by atoms with Gasteiger partial charge in [-0.1, -0.05) is 12.1 Å². The number of nitrogens with one attached hydrogen (secondary N) is 1. The van der Waals surface area contributed by atoms with Gasteiger partial charge in [-0.25, -0.2) is 0 Å². The summed E-state index contributed by atoms with van der Waals surface area (Å²) in [4.78, 5) is 27.7. The molecule has 0 unspecified atom stereocenters. The lowest BCUT2D eigenvalue weighted by atomic mass is 10.1. The van der Waals surface area contributed by atoms with Gasteiger partial charge >= 0.3 is 0 Å². The van der Waals surface area contributed by atoms with Gasteiger partial charge in [-0.05, 0) is 37.6 Å². The molecule has 0 bridgehead atoms. The summed E-state index contributed by atoms with van der Waals surface area (Å²) < 4.78 is 0. The predicted molar refractivity (Wildman–Crippen MR) is 89.4 cm³/mol. The van der Waals surface area contributed by atoms with Gasteiger partial charge in [0.2, 0.25) is 0 Å². The van der Waals surface area contributed by atoms with Crippen LogP contribution in [0.5, 0.6) is 0 Å². The molecule has 0 atom stereocenters. The molecule has 1 heterocycles. The third kappa shape index (κ3) is 3.74. The van der Waals surface area contributed by atoms with E-state index in [2.05, 4.69) is 5.32 Å². The van der Waals surface area contributed by atoms with Gasteiger partial charge < -0.3 is 10.2 Å². The summed E-state index contributed by atoms with van der Waals surface area (Å²) in [5.74, 6) is -0.0877. The van der Waals surface area contributed by atoms with Crippen LogP contribution < -0.4 is 5.32 Å². The molecule has 0 saturated carbocycles. The molecule has 0 fully saturated rings. The molecule has 0 aliphatic carbocycles. The van der Waals surface area contributed by atoms with Gasteiger partial charge in [0, 0.05) is 36.0 Å². The fraction of sp³-hybridized carbons (Fsp3) is 0.294. The Kier molecular flexibility index (Phi) is 4.98. The van der Waals surface area contributed by atoms with E-state index in [9.17, 15) is 9.59 Å². The predicted octanol–water partition coefficient (Wildman–Crippen LogP) is 3.00. The highest BCUT2D eigenvalue weighted by Gasteiger charge is 2.12. The molecular weight excluding hydrogens is 296 g/mol. The van der Waals surface area contributed by atoms with E-state index in [0.29, 0.717) is 12.1 Å². The second-order valence-corrected chi connectivity index (χ2v) is 6.87. The molecule has 0 aliphatic heterocycles. The van der Waals surface area contributed by atoms with Gasteiger partial charge in [0.1, 0.15) is 0 Å². The van der Waals surface area contributed by atoms with Crippen molar-refractivity contribution in [3.05, 3.63) is 56.8 Å². The van der Waals surface area contributed by atoms with Crippen molar-refractivity contribution in [2.45, 2.75) is 20.4 Å². The van der Waals surface area contributed by atoms with Gasteiger partial charge in [0.15, 0.2) is 0 Å². The molecular formula is C17H20N2O2S. The van der Waals surface area contributed by atoms with Crippen LogP contribution in [-0.4, -0.2) is 30.8 Å². The van der Waals surface area contributed by atoms with E-state index in [1.165, 1.54) is 0 Å². The number of carbonyl (C=O) groups is 2. The minimum absolute atomic E-state index is 0.0278. The van der Waals surface area contributed by atoms with Crippen molar-refractivity contribution < 1.29 is 9.59 Å². The Hall–Kier alpha value is -2.14. The highest BCUT2D eigenvalue weighted by atomic mass is 32.1. The van der Waals surface area contributed by atoms with Crippen molar-refractivity contribution >= 4 is 23.2 Å². The van der Waals surface area contributed by atoms with Crippen LogP contribution >= 0.6 is 11.3 Å². The monoisotopic (exact) mass is 316 g/mol. The molecule has 0 radical (unpaired) electrons. The number of aryl methyl sites for hydroxylation is 2. The number of nitrogens with zero attached hydrogens (tertiary/aromatic N) is 1. The summed E-state index contributed by atoms with van der Waals surface area (Å²) in [5, 5.41) is 2.91. The zero-order valence-corrected chi connectivity index (χ0v) is 14.1. The number of rotatable bonds is 4. The fourth-order valence-corrected chi connectivity index (χ4v) is 3.08. The van der Waals surface area contributed by atoms with Crippen molar-refractivity contribution in [3.63, 3.8) is 0 Å². The van der Waals surface area contributed by atoms with E-state index in [1.807, 2.05) is 32.0 Å². The Balaban J connectivity index is 1.99. The Morgan fingerprint density at radius 2 is 1.77 bits per heavy atom. The normalized spacial score (nSPS) is 10.4. The van der Waals surface area contributed by atoms with Crippen LogP contribution in [0.25, 0.3) is 0 Å². The number of carbonyl (C=O) groups excluding carboxylic acids is 2. The second kappa shape index (κ2) is 6.75. The molecule has 2 rings (SSSR count). The van der Waals surface area contributed by atoms with Crippen molar-refractivity contribution in [3.8, 4) is 0 Å². The van der Waals surface area contributed by atoms with E-state index in [4.69, 9.17) is 0 Å². The van der Waals surface area contributed by atoms with Gasteiger partial charge in [-0.15, -0.1) is 11.3 Å². The number of amides is 2. The van der Waals surface area contributed by atoms with Crippen LogP contribution in [0.1, 0.15) is 36.0 Å². The van der Waals surface area contributed by atoms with Crippen LogP contribution in [0, 0.1) is 13.8 Å². The standard InChI is InChI=1S/C17H20N2O2S/c1-11-9-15(12(2)22-11)16(20)18-10-13-5-7-14(8-6-13)17(21)19(3)4/h5-9H,10H2,1-4H3,(H,18,20). The molecule has 1 aromatic carbocycles. The van der Waals surface area contributed by atoms with E-state index in [0.717, 1.165) is 20.9 Å².